The first kappa shape index (κ1) is 21.8. The van der Waals surface area contributed by atoms with Crippen LogP contribution in [0, 0.1) is 12.7 Å². The zero-order valence-electron chi connectivity index (χ0n) is 18.5. The minimum absolute atomic E-state index is 0.0196. The Balaban J connectivity index is 1.49. The van der Waals surface area contributed by atoms with Crippen molar-refractivity contribution in [2.75, 3.05) is 25.7 Å². The van der Waals surface area contributed by atoms with Crippen LogP contribution in [-0.4, -0.2) is 36.2 Å². The van der Waals surface area contributed by atoms with Gasteiger partial charge in [0.15, 0.2) is 11.5 Å². The van der Waals surface area contributed by atoms with E-state index in [4.69, 9.17) is 9.47 Å². The van der Waals surface area contributed by atoms with Crippen LogP contribution in [0.15, 0.2) is 35.4 Å². The van der Waals surface area contributed by atoms with Gasteiger partial charge in [0.1, 0.15) is 5.82 Å². The van der Waals surface area contributed by atoms with Crippen molar-refractivity contribution in [1.29, 1.82) is 0 Å². The molecule has 0 unspecified atom stereocenters. The van der Waals surface area contributed by atoms with Crippen molar-refractivity contribution >= 4 is 22.5 Å². The quantitative estimate of drug-likeness (QED) is 0.587. The number of amides is 1. The Hall–Kier alpha value is -3.42. The number of benzene rings is 2. The topological polar surface area (TPSA) is 73.7 Å². The Labute approximate surface area is 185 Å². The number of aromatic nitrogens is 2. The number of nitrogens with zero attached hydrogens (tertiary/aromatic N) is 3. The molecule has 1 aromatic heterocycles. The van der Waals surface area contributed by atoms with Crippen molar-refractivity contribution in [3.8, 4) is 11.5 Å². The molecule has 0 saturated carbocycles. The summed E-state index contributed by atoms with van der Waals surface area (Å²) >= 11 is 0. The summed E-state index contributed by atoms with van der Waals surface area (Å²) in [4.78, 5) is 32.0. The van der Waals surface area contributed by atoms with Crippen LogP contribution in [0.3, 0.4) is 0 Å². The van der Waals surface area contributed by atoms with E-state index in [0.717, 1.165) is 29.7 Å². The molecule has 0 spiro atoms. The fraction of sp³-hybridized carbons (Fsp3) is 0.375. The van der Waals surface area contributed by atoms with Gasteiger partial charge in [-0.3, -0.25) is 14.2 Å². The molecule has 1 amide bonds. The fourth-order valence-electron chi connectivity index (χ4n) is 4.35. The predicted octanol–water partition coefficient (Wildman–Crippen LogP) is 3.62. The van der Waals surface area contributed by atoms with Crippen LogP contribution in [0.2, 0.25) is 0 Å². The van der Waals surface area contributed by atoms with Gasteiger partial charge in [-0.2, -0.15) is 0 Å². The first-order chi connectivity index (χ1) is 15.4. The van der Waals surface area contributed by atoms with Crippen LogP contribution in [0.1, 0.15) is 30.4 Å². The monoisotopic (exact) mass is 439 g/mol. The summed E-state index contributed by atoms with van der Waals surface area (Å²) in [7, 11) is 3.04. The first-order valence-electron chi connectivity index (χ1n) is 10.6. The van der Waals surface area contributed by atoms with Gasteiger partial charge in [-0.1, -0.05) is 0 Å². The Morgan fingerprint density at radius 3 is 2.66 bits per heavy atom. The number of aryl methyl sites for hydroxylation is 3. The molecule has 0 atom stereocenters. The first-order valence-corrected chi connectivity index (χ1v) is 10.6. The van der Waals surface area contributed by atoms with Crippen molar-refractivity contribution in [1.82, 2.24) is 9.55 Å². The van der Waals surface area contributed by atoms with Crippen molar-refractivity contribution < 1.29 is 18.7 Å². The van der Waals surface area contributed by atoms with Gasteiger partial charge in [0.05, 0.1) is 31.4 Å². The van der Waals surface area contributed by atoms with E-state index in [-0.39, 0.29) is 23.7 Å². The number of hydrogen-bond donors (Lipinski definition) is 0. The Morgan fingerprint density at radius 1 is 1.16 bits per heavy atom. The number of methoxy groups -OCH3 is 2. The van der Waals surface area contributed by atoms with E-state index in [2.05, 4.69) is 4.98 Å². The number of rotatable bonds is 6. The van der Waals surface area contributed by atoms with Gasteiger partial charge in [0, 0.05) is 31.3 Å². The maximum absolute atomic E-state index is 13.8. The summed E-state index contributed by atoms with van der Waals surface area (Å²) in [5, 5.41) is 0.430. The van der Waals surface area contributed by atoms with Crippen molar-refractivity contribution in [3.63, 3.8) is 0 Å². The Kier molecular flexibility index (Phi) is 6.12. The normalized spacial score (nSPS) is 13.2. The number of fused-ring (bicyclic) bond motifs is 2. The van der Waals surface area contributed by atoms with Gasteiger partial charge >= 0.3 is 0 Å². The highest BCUT2D eigenvalue weighted by Gasteiger charge is 2.24. The number of hydrogen-bond acceptors (Lipinski definition) is 5. The number of halogens is 1. The molecule has 1 aliphatic rings. The van der Waals surface area contributed by atoms with Gasteiger partial charge in [-0.15, -0.1) is 0 Å². The highest BCUT2D eigenvalue weighted by molar-refractivity contribution is 5.95. The minimum Gasteiger partial charge on any atom is -0.493 e. The average molecular weight is 439 g/mol. The number of carbonyl (C=O) groups is 1. The van der Waals surface area contributed by atoms with Gasteiger partial charge < -0.3 is 14.4 Å². The molecule has 0 aliphatic carbocycles. The minimum atomic E-state index is -0.270. The van der Waals surface area contributed by atoms with Crippen LogP contribution in [0.25, 0.3) is 10.9 Å². The molecule has 0 saturated heterocycles. The fourth-order valence-corrected chi connectivity index (χ4v) is 4.35. The maximum Gasteiger partial charge on any atom is 0.261 e. The van der Waals surface area contributed by atoms with Crippen LogP contribution in [0.5, 0.6) is 11.5 Å². The van der Waals surface area contributed by atoms with Crippen LogP contribution >= 0.6 is 0 Å². The average Bonchev–Trinajstić information content (AvgIpc) is 2.79. The molecule has 0 fully saturated rings. The molecule has 168 valence electrons. The van der Waals surface area contributed by atoms with E-state index in [9.17, 15) is 14.0 Å². The molecule has 1 aliphatic heterocycles. The van der Waals surface area contributed by atoms with Gasteiger partial charge in [-0.05, 0) is 55.5 Å². The Morgan fingerprint density at radius 2 is 1.91 bits per heavy atom. The number of carbonyl (C=O) groups excluding carboxylic acids is 1. The largest absolute Gasteiger partial charge is 0.493 e. The summed E-state index contributed by atoms with van der Waals surface area (Å²) in [6, 6.07) is 6.28. The lowest BCUT2D eigenvalue weighted by Crippen LogP contribution is -2.36. The lowest BCUT2D eigenvalue weighted by atomic mass is 9.97. The SMILES string of the molecule is COc1cc2ncn(CCCC(=O)N3CCCc4cc(F)cc(C)c43)c(=O)c2cc1OC. The van der Waals surface area contributed by atoms with Crippen LogP contribution < -0.4 is 19.9 Å². The van der Waals surface area contributed by atoms with Crippen molar-refractivity contribution in [3.05, 3.63) is 57.9 Å². The zero-order valence-corrected chi connectivity index (χ0v) is 18.5. The van der Waals surface area contributed by atoms with E-state index in [0.29, 0.717) is 41.9 Å². The van der Waals surface area contributed by atoms with E-state index in [1.165, 1.54) is 37.2 Å². The van der Waals surface area contributed by atoms with Crippen molar-refractivity contribution in [2.45, 2.75) is 39.2 Å². The molecule has 0 bridgehead atoms. The molecule has 8 heteroatoms. The van der Waals surface area contributed by atoms with Gasteiger partial charge in [0.25, 0.3) is 5.56 Å². The van der Waals surface area contributed by atoms with E-state index < -0.39 is 0 Å². The van der Waals surface area contributed by atoms with Crippen LogP contribution in [0.4, 0.5) is 10.1 Å². The summed E-state index contributed by atoms with van der Waals surface area (Å²) in [6.07, 6.45) is 3.84. The molecule has 2 heterocycles. The second-order valence-electron chi connectivity index (χ2n) is 7.95. The van der Waals surface area contributed by atoms with Gasteiger partial charge in [0.2, 0.25) is 5.91 Å². The third-order valence-corrected chi connectivity index (χ3v) is 5.86. The predicted molar refractivity (Wildman–Crippen MR) is 120 cm³/mol. The van der Waals surface area contributed by atoms with E-state index in [1.807, 2.05) is 6.92 Å². The highest BCUT2D eigenvalue weighted by atomic mass is 19.1. The summed E-state index contributed by atoms with van der Waals surface area (Å²) in [5.41, 5.74) is 2.80. The van der Waals surface area contributed by atoms with Crippen molar-refractivity contribution in [2.24, 2.45) is 0 Å². The molecule has 2 aromatic carbocycles. The second kappa shape index (κ2) is 8.98. The molecular weight excluding hydrogens is 413 g/mol. The number of anilines is 1. The maximum atomic E-state index is 13.8. The molecule has 3 aromatic rings. The summed E-state index contributed by atoms with van der Waals surface area (Å²) < 4.78 is 25.8. The smallest absolute Gasteiger partial charge is 0.261 e. The molecular formula is C24H26FN3O4. The third-order valence-electron chi connectivity index (χ3n) is 5.86. The molecule has 32 heavy (non-hydrogen) atoms. The lowest BCUT2D eigenvalue weighted by molar-refractivity contribution is -0.118. The summed E-state index contributed by atoms with van der Waals surface area (Å²) in [5.74, 6) is 0.677. The third kappa shape index (κ3) is 4.04. The second-order valence-corrected chi connectivity index (χ2v) is 7.95. The van der Waals surface area contributed by atoms with E-state index >= 15 is 0 Å². The zero-order chi connectivity index (χ0) is 22.8. The molecule has 4 rings (SSSR count). The van der Waals surface area contributed by atoms with Gasteiger partial charge in [-0.25, -0.2) is 9.37 Å². The molecule has 7 nitrogen and oxygen atoms in total. The Bertz CT molecular complexity index is 1240. The lowest BCUT2D eigenvalue weighted by Gasteiger charge is -2.31. The number of ether oxygens (including phenoxy) is 2. The highest BCUT2D eigenvalue weighted by Crippen LogP contribution is 2.32. The summed E-state index contributed by atoms with van der Waals surface area (Å²) in [6.45, 7) is 2.82. The standard InChI is InChI=1S/C24H26FN3O4/c1-15-10-17(25)11-16-6-4-9-28(23(15)16)22(29)7-5-8-27-14-26-19-13-21(32-3)20(31-2)12-18(19)24(27)30/h10-14H,4-9H2,1-3H3. The van der Waals surface area contributed by atoms with E-state index in [1.54, 1.807) is 17.0 Å². The molecule has 0 N–H and O–H groups in total. The molecule has 0 radical (unpaired) electrons. The van der Waals surface area contributed by atoms with Crippen LogP contribution in [-0.2, 0) is 17.8 Å².